The van der Waals surface area contributed by atoms with Gasteiger partial charge < -0.3 is 15.8 Å². The lowest BCUT2D eigenvalue weighted by Crippen LogP contribution is -2.22. The summed E-state index contributed by atoms with van der Waals surface area (Å²) >= 11 is 1.72. The molecule has 0 radical (unpaired) electrons. The maximum atomic E-state index is 5.93. The van der Waals surface area contributed by atoms with Crippen molar-refractivity contribution in [3.05, 3.63) is 71.6 Å². The summed E-state index contributed by atoms with van der Waals surface area (Å²) in [6.07, 6.45) is 0. The molecule has 0 amide bonds. The van der Waals surface area contributed by atoms with Gasteiger partial charge >= 0.3 is 0 Å². The van der Waals surface area contributed by atoms with Crippen molar-refractivity contribution in [3.8, 4) is 16.2 Å². The van der Waals surface area contributed by atoms with Gasteiger partial charge in [0.25, 0.3) is 0 Å². The Hall–Kier alpha value is -2.79. The first kappa shape index (κ1) is 16.1. The van der Waals surface area contributed by atoms with Crippen molar-refractivity contribution in [3.63, 3.8) is 0 Å². The van der Waals surface area contributed by atoms with Crippen LogP contribution in [0.1, 0.15) is 4.88 Å². The lowest BCUT2D eigenvalue weighted by atomic mass is 10.2. The van der Waals surface area contributed by atoms with Gasteiger partial charge in [-0.15, -0.1) is 11.3 Å². The summed E-state index contributed by atoms with van der Waals surface area (Å²) < 4.78 is 5.19. The van der Waals surface area contributed by atoms with E-state index >= 15 is 0 Å². The van der Waals surface area contributed by atoms with Crippen LogP contribution in [0.3, 0.4) is 0 Å². The van der Waals surface area contributed by atoms with Crippen molar-refractivity contribution < 1.29 is 4.74 Å². The number of ether oxygens (including phenoxy) is 1. The number of rotatable bonds is 5. The molecule has 0 bridgehead atoms. The molecule has 0 aliphatic heterocycles. The van der Waals surface area contributed by atoms with Gasteiger partial charge in [0.05, 0.1) is 13.7 Å². The van der Waals surface area contributed by atoms with Crippen molar-refractivity contribution in [1.29, 1.82) is 0 Å². The second-order valence-corrected chi connectivity index (χ2v) is 6.36. The average Bonchev–Trinajstić information content (AvgIpc) is 3.10. The third kappa shape index (κ3) is 4.14. The lowest BCUT2D eigenvalue weighted by Gasteiger charge is -2.04. The number of anilines is 1. The normalized spacial score (nSPS) is 11.3. The summed E-state index contributed by atoms with van der Waals surface area (Å²) in [5, 5.41) is 3.08. The monoisotopic (exact) mass is 337 g/mol. The maximum Gasteiger partial charge on any atom is 0.193 e. The molecule has 0 aliphatic carbocycles. The maximum absolute atomic E-state index is 5.93. The number of benzene rings is 2. The van der Waals surface area contributed by atoms with E-state index in [9.17, 15) is 0 Å². The summed E-state index contributed by atoms with van der Waals surface area (Å²) in [7, 11) is 1.67. The number of methoxy groups -OCH3 is 1. The fraction of sp³-hybridized carbons (Fsp3) is 0.105. The number of nitrogens with two attached hydrogens (primary N) is 1. The molecule has 2 aromatic carbocycles. The van der Waals surface area contributed by atoms with Crippen LogP contribution in [0, 0.1) is 0 Å². The van der Waals surface area contributed by atoms with Gasteiger partial charge in [-0.05, 0) is 54.1 Å². The molecule has 122 valence electrons. The second-order valence-electron chi connectivity index (χ2n) is 5.19. The molecule has 24 heavy (non-hydrogen) atoms. The molecule has 0 saturated heterocycles. The predicted molar refractivity (Wildman–Crippen MR) is 102 cm³/mol. The highest BCUT2D eigenvalue weighted by atomic mass is 32.1. The van der Waals surface area contributed by atoms with E-state index in [1.807, 2.05) is 42.5 Å². The number of para-hydroxylation sites is 1. The zero-order valence-corrected chi connectivity index (χ0v) is 14.2. The van der Waals surface area contributed by atoms with Crippen LogP contribution in [0.5, 0.6) is 5.75 Å². The minimum atomic E-state index is 0.417. The number of nitrogens with zero attached hydrogens (tertiary/aromatic N) is 1. The first-order valence-corrected chi connectivity index (χ1v) is 8.41. The van der Waals surface area contributed by atoms with Gasteiger partial charge in [0, 0.05) is 15.4 Å². The van der Waals surface area contributed by atoms with E-state index in [0.29, 0.717) is 12.5 Å². The first-order valence-electron chi connectivity index (χ1n) is 7.60. The Kier molecular flexibility index (Phi) is 5.13. The quantitative estimate of drug-likeness (QED) is 0.537. The molecule has 3 rings (SSSR count). The molecule has 0 saturated carbocycles. The van der Waals surface area contributed by atoms with E-state index in [4.69, 9.17) is 10.5 Å². The van der Waals surface area contributed by atoms with Crippen molar-refractivity contribution in [2.45, 2.75) is 6.54 Å². The highest BCUT2D eigenvalue weighted by Crippen LogP contribution is 2.29. The van der Waals surface area contributed by atoms with Gasteiger partial charge in [-0.3, -0.25) is 0 Å². The number of hydrogen-bond acceptors (Lipinski definition) is 3. The second kappa shape index (κ2) is 7.66. The minimum absolute atomic E-state index is 0.417. The van der Waals surface area contributed by atoms with Crippen LogP contribution >= 0.6 is 11.3 Å². The highest BCUT2D eigenvalue weighted by Gasteiger charge is 2.03. The Labute approximate surface area is 145 Å². The van der Waals surface area contributed by atoms with Crippen molar-refractivity contribution in [2.24, 2.45) is 10.7 Å². The fourth-order valence-corrected chi connectivity index (χ4v) is 3.18. The Morgan fingerprint density at radius 1 is 1.04 bits per heavy atom. The molecule has 0 unspecified atom stereocenters. The Balaban J connectivity index is 1.64. The Morgan fingerprint density at radius 2 is 1.79 bits per heavy atom. The molecule has 0 spiro atoms. The van der Waals surface area contributed by atoms with Crippen LogP contribution in [0.2, 0.25) is 0 Å². The third-order valence-corrected chi connectivity index (χ3v) is 4.61. The molecule has 3 aromatic rings. The Bertz CT molecular complexity index is 810. The molecule has 0 atom stereocenters. The van der Waals surface area contributed by atoms with E-state index in [0.717, 1.165) is 11.4 Å². The van der Waals surface area contributed by atoms with Gasteiger partial charge in [-0.25, -0.2) is 4.99 Å². The number of aliphatic imine (C=N–C) groups is 1. The zero-order valence-electron chi connectivity index (χ0n) is 13.4. The summed E-state index contributed by atoms with van der Waals surface area (Å²) in [4.78, 5) is 6.77. The number of hydrogen-bond donors (Lipinski definition) is 2. The smallest absolute Gasteiger partial charge is 0.193 e. The van der Waals surface area contributed by atoms with Gasteiger partial charge in [0.1, 0.15) is 5.75 Å². The van der Waals surface area contributed by atoms with Crippen molar-refractivity contribution >= 4 is 23.0 Å². The molecular formula is C19H19N3OS. The fourth-order valence-electron chi connectivity index (χ4n) is 2.25. The topological polar surface area (TPSA) is 59.6 Å². The number of nitrogens with one attached hydrogen (secondary N) is 1. The molecule has 3 N–H and O–H groups in total. The molecule has 1 aromatic heterocycles. The number of thiophene rings is 1. The van der Waals surface area contributed by atoms with Gasteiger partial charge in [-0.1, -0.05) is 18.2 Å². The van der Waals surface area contributed by atoms with Crippen LogP contribution in [-0.2, 0) is 6.54 Å². The van der Waals surface area contributed by atoms with E-state index in [1.165, 1.54) is 15.3 Å². The minimum Gasteiger partial charge on any atom is -0.497 e. The van der Waals surface area contributed by atoms with Crippen molar-refractivity contribution in [2.75, 3.05) is 12.4 Å². The van der Waals surface area contributed by atoms with Crippen LogP contribution in [0.25, 0.3) is 10.4 Å². The van der Waals surface area contributed by atoms with E-state index in [-0.39, 0.29) is 0 Å². The molecular weight excluding hydrogens is 318 g/mol. The van der Waals surface area contributed by atoms with E-state index in [1.54, 1.807) is 18.4 Å². The van der Waals surface area contributed by atoms with Crippen LogP contribution in [-0.4, -0.2) is 13.1 Å². The van der Waals surface area contributed by atoms with Gasteiger partial charge in [0.15, 0.2) is 5.96 Å². The van der Waals surface area contributed by atoms with E-state index in [2.05, 4.69) is 34.6 Å². The largest absolute Gasteiger partial charge is 0.497 e. The molecule has 5 heteroatoms. The van der Waals surface area contributed by atoms with Crippen LogP contribution in [0.15, 0.2) is 71.7 Å². The average molecular weight is 337 g/mol. The molecule has 4 nitrogen and oxygen atoms in total. The molecule has 1 heterocycles. The molecule has 0 fully saturated rings. The standard InChI is InChI=1S/C19H19N3OS/c1-23-16-9-7-14(8-10-16)18-12-11-17(24-18)13-21-19(20)22-15-5-3-2-4-6-15/h2-12H,13H2,1H3,(H3,20,21,22). The first-order chi connectivity index (χ1) is 11.7. The summed E-state index contributed by atoms with van der Waals surface area (Å²) in [5.74, 6) is 1.28. The summed E-state index contributed by atoms with van der Waals surface area (Å²) in [6.45, 7) is 0.562. The lowest BCUT2D eigenvalue weighted by molar-refractivity contribution is 0.415. The van der Waals surface area contributed by atoms with E-state index < -0.39 is 0 Å². The summed E-state index contributed by atoms with van der Waals surface area (Å²) in [5.41, 5.74) is 8.04. The molecule has 0 aliphatic rings. The van der Waals surface area contributed by atoms with Crippen LogP contribution in [0.4, 0.5) is 5.69 Å². The number of guanidine groups is 1. The van der Waals surface area contributed by atoms with Crippen molar-refractivity contribution in [1.82, 2.24) is 0 Å². The predicted octanol–water partition coefficient (Wildman–Crippen LogP) is 4.35. The van der Waals surface area contributed by atoms with Gasteiger partial charge in [0.2, 0.25) is 0 Å². The van der Waals surface area contributed by atoms with Gasteiger partial charge in [-0.2, -0.15) is 0 Å². The van der Waals surface area contributed by atoms with Crippen LogP contribution < -0.4 is 15.8 Å². The zero-order chi connectivity index (χ0) is 16.8. The highest BCUT2D eigenvalue weighted by molar-refractivity contribution is 7.15. The SMILES string of the molecule is COc1ccc(-c2ccc(CN=C(N)Nc3ccccc3)s2)cc1. The Morgan fingerprint density at radius 3 is 2.50 bits per heavy atom. The summed E-state index contributed by atoms with van der Waals surface area (Å²) in [6, 6.07) is 22.0. The third-order valence-electron chi connectivity index (χ3n) is 3.49.